The van der Waals surface area contributed by atoms with Crippen LogP contribution >= 0.6 is 0 Å². The van der Waals surface area contributed by atoms with E-state index in [1.54, 1.807) is 0 Å². The second kappa shape index (κ2) is 5.52. The normalized spacial score (nSPS) is 16.9. The van der Waals surface area contributed by atoms with Crippen molar-refractivity contribution >= 4 is 0 Å². The van der Waals surface area contributed by atoms with Crippen molar-refractivity contribution in [2.45, 2.75) is 39.4 Å². The van der Waals surface area contributed by atoms with E-state index in [4.69, 9.17) is 0 Å². The van der Waals surface area contributed by atoms with Crippen molar-refractivity contribution in [3.8, 4) is 0 Å². The van der Waals surface area contributed by atoms with Gasteiger partial charge >= 0.3 is 0 Å². The SMILES string of the molecule is CCC(C)NN(C)C(C)NC. The van der Waals surface area contributed by atoms with Crippen LogP contribution in [0.25, 0.3) is 0 Å². The monoisotopic (exact) mass is 159 g/mol. The van der Waals surface area contributed by atoms with E-state index in [0.717, 1.165) is 6.42 Å². The summed E-state index contributed by atoms with van der Waals surface area (Å²) in [7, 11) is 4.01. The fourth-order valence-electron chi connectivity index (χ4n) is 0.744. The lowest BCUT2D eigenvalue weighted by atomic mass is 10.3. The van der Waals surface area contributed by atoms with Crippen LogP contribution in [0.15, 0.2) is 0 Å². The van der Waals surface area contributed by atoms with Crippen LogP contribution in [0.5, 0.6) is 0 Å². The number of hydrogen-bond acceptors (Lipinski definition) is 3. The summed E-state index contributed by atoms with van der Waals surface area (Å²) < 4.78 is 0. The van der Waals surface area contributed by atoms with Crippen molar-refractivity contribution in [3.63, 3.8) is 0 Å². The van der Waals surface area contributed by atoms with Gasteiger partial charge in [0, 0.05) is 13.1 Å². The average Bonchev–Trinajstić information content (AvgIpc) is 2.02. The van der Waals surface area contributed by atoms with Gasteiger partial charge in [-0.3, -0.25) is 5.43 Å². The van der Waals surface area contributed by atoms with Crippen LogP contribution in [0.1, 0.15) is 27.2 Å². The van der Waals surface area contributed by atoms with Gasteiger partial charge in [-0.1, -0.05) is 6.92 Å². The van der Waals surface area contributed by atoms with E-state index >= 15 is 0 Å². The fourth-order valence-corrected chi connectivity index (χ4v) is 0.744. The summed E-state index contributed by atoms with van der Waals surface area (Å²) in [5.74, 6) is 0. The third-order valence-corrected chi connectivity index (χ3v) is 2.04. The first-order chi connectivity index (χ1) is 5.11. The molecule has 0 aliphatic heterocycles. The molecule has 0 saturated carbocycles. The first-order valence-electron chi connectivity index (χ1n) is 4.28. The lowest BCUT2D eigenvalue weighted by Gasteiger charge is -2.27. The first kappa shape index (κ1) is 10.9. The minimum absolute atomic E-state index is 0.379. The molecule has 0 aromatic carbocycles. The van der Waals surface area contributed by atoms with Gasteiger partial charge in [0.05, 0.1) is 6.17 Å². The predicted molar refractivity (Wildman–Crippen MR) is 49.2 cm³/mol. The molecule has 0 saturated heterocycles. The zero-order valence-corrected chi connectivity index (χ0v) is 8.31. The summed E-state index contributed by atoms with van der Waals surface area (Å²) in [6, 6.07) is 0.552. The van der Waals surface area contributed by atoms with Gasteiger partial charge in [0.15, 0.2) is 0 Å². The molecule has 0 aromatic heterocycles. The molecule has 68 valence electrons. The van der Waals surface area contributed by atoms with E-state index < -0.39 is 0 Å². The van der Waals surface area contributed by atoms with E-state index in [0.29, 0.717) is 12.2 Å². The number of rotatable bonds is 5. The molecule has 0 spiro atoms. The summed E-state index contributed by atoms with van der Waals surface area (Å²) in [6.45, 7) is 6.48. The molecule has 2 N–H and O–H groups in total. The third kappa shape index (κ3) is 4.35. The third-order valence-electron chi connectivity index (χ3n) is 2.04. The van der Waals surface area contributed by atoms with Crippen molar-refractivity contribution in [3.05, 3.63) is 0 Å². The summed E-state index contributed by atoms with van der Waals surface area (Å²) in [6.07, 6.45) is 1.53. The highest BCUT2D eigenvalue weighted by molar-refractivity contribution is 4.58. The van der Waals surface area contributed by atoms with Gasteiger partial charge in [0.1, 0.15) is 0 Å². The van der Waals surface area contributed by atoms with Crippen LogP contribution in [0.2, 0.25) is 0 Å². The van der Waals surface area contributed by atoms with E-state index in [9.17, 15) is 0 Å². The summed E-state index contributed by atoms with van der Waals surface area (Å²) in [4.78, 5) is 0. The minimum atomic E-state index is 0.379. The largest absolute Gasteiger partial charge is 0.304 e. The number of nitrogens with zero attached hydrogens (tertiary/aromatic N) is 1. The summed E-state index contributed by atoms with van der Waals surface area (Å²) >= 11 is 0. The molecule has 0 fully saturated rings. The maximum Gasteiger partial charge on any atom is 0.0698 e. The van der Waals surface area contributed by atoms with Crippen molar-refractivity contribution in [2.24, 2.45) is 0 Å². The summed E-state index contributed by atoms with van der Waals surface area (Å²) in [5, 5.41) is 5.25. The van der Waals surface area contributed by atoms with E-state index in [-0.39, 0.29) is 0 Å². The lowest BCUT2D eigenvalue weighted by molar-refractivity contribution is 0.132. The minimum Gasteiger partial charge on any atom is -0.304 e. The molecule has 0 rings (SSSR count). The van der Waals surface area contributed by atoms with Gasteiger partial charge in [0.2, 0.25) is 0 Å². The second-order valence-corrected chi connectivity index (χ2v) is 3.01. The average molecular weight is 159 g/mol. The molecule has 0 bridgehead atoms. The van der Waals surface area contributed by atoms with Crippen molar-refractivity contribution < 1.29 is 0 Å². The van der Waals surface area contributed by atoms with Crippen LogP contribution in [0.4, 0.5) is 0 Å². The molecule has 3 nitrogen and oxygen atoms in total. The molecule has 0 aliphatic carbocycles. The van der Waals surface area contributed by atoms with Gasteiger partial charge in [0.25, 0.3) is 0 Å². The highest BCUT2D eigenvalue weighted by Crippen LogP contribution is 1.91. The van der Waals surface area contributed by atoms with Crippen LogP contribution in [-0.2, 0) is 0 Å². The fraction of sp³-hybridized carbons (Fsp3) is 1.00. The Morgan fingerprint density at radius 3 is 2.27 bits per heavy atom. The molecule has 0 radical (unpaired) electrons. The molecule has 0 aliphatic rings. The Balaban J connectivity index is 3.58. The number of hydrogen-bond donors (Lipinski definition) is 2. The Bertz CT molecular complexity index is 95.3. The van der Waals surface area contributed by atoms with E-state index in [1.807, 2.05) is 14.1 Å². The number of nitrogens with one attached hydrogen (secondary N) is 2. The van der Waals surface area contributed by atoms with Crippen LogP contribution in [0, 0.1) is 0 Å². The molecule has 2 unspecified atom stereocenters. The topological polar surface area (TPSA) is 27.3 Å². The van der Waals surface area contributed by atoms with Crippen molar-refractivity contribution in [2.75, 3.05) is 14.1 Å². The Labute approximate surface area is 70.1 Å². The molecular formula is C8H21N3. The van der Waals surface area contributed by atoms with Gasteiger partial charge in [-0.25, -0.2) is 5.01 Å². The molecule has 0 aromatic rings. The molecule has 11 heavy (non-hydrogen) atoms. The second-order valence-electron chi connectivity index (χ2n) is 3.01. The zero-order chi connectivity index (χ0) is 8.85. The van der Waals surface area contributed by atoms with Gasteiger partial charge in [-0.2, -0.15) is 0 Å². The maximum atomic E-state index is 3.35. The molecule has 0 heterocycles. The molecule has 2 atom stereocenters. The van der Waals surface area contributed by atoms with Crippen molar-refractivity contribution in [1.82, 2.24) is 15.8 Å². The number of hydrazine groups is 1. The van der Waals surface area contributed by atoms with Crippen molar-refractivity contribution in [1.29, 1.82) is 0 Å². The lowest BCUT2D eigenvalue weighted by Crippen LogP contribution is -2.50. The van der Waals surface area contributed by atoms with Gasteiger partial charge < -0.3 is 5.32 Å². The Kier molecular flexibility index (Phi) is 5.46. The maximum absolute atomic E-state index is 3.35. The van der Waals surface area contributed by atoms with E-state index in [2.05, 4.69) is 36.5 Å². The highest BCUT2D eigenvalue weighted by atomic mass is 15.5. The first-order valence-corrected chi connectivity index (χ1v) is 4.28. The smallest absolute Gasteiger partial charge is 0.0698 e. The molecule has 3 heteroatoms. The summed E-state index contributed by atoms with van der Waals surface area (Å²) in [5.41, 5.74) is 3.35. The Morgan fingerprint density at radius 1 is 1.36 bits per heavy atom. The van der Waals surface area contributed by atoms with Gasteiger partial charge in [-0.15, -0.1) is 0 Å². The molecular weight excluding hydrogens is 138 g/mol. The van der Waals surface area contributed by atoms with Crippen LogP contribution in [0.3, 0.4) is 0 Å². The van der Waals surface area contributed by atoms with Crippen LogP contribution < -0.4 is 10.7 Å². The molecule has 0 amide bonds. The zero-order valence-electron chi connectivity index (χ0n) is 8.31. The Morgan fingerprint density at radius 2 is 1.91 bits per heavy atom. The quantitative estimate of drug-likeness (QED) is 0.459. The predicted octanol–water partition coefficient (Wildman–Crippen LogP) is 0.787. The van der Waals surface area contributed by atoms with E-state index in [1.165, 1.54) is 0 Å². The highest BCUT2D eigenvalue weighted by Gasteiger charge is 2.07. The standard InChI is InChI=1S/C8H21N3/c1-6-7(2)10-11(5)8(3)9-4/h7-10H,6H2,1-5H3. The van der Waals surface area contributed by atoms with Gasteiger partial charge in [-0.05, 0) is 27.3 Å². The van der Waals surface area contributed by atoms with Crippen LogP contribution in [-0.4, -0.2) is 31.3 Å². The Hall–Kier alpha value is -0.120.